The Bertz CT molecular complexity index is 470. The van der Waals surface area contributed by atoms with Gasteiger partial charge in [-0.05, 0) is 41.6 Å². The first kappa shape index (κ1) is 13.1. The molecule has 0 unspecified atom stereocenters. The molecule has 0 saturated carbocycles. The van der Waals surface area contributed by atoms with Crippen LogP contribution in [0.2, 0.25) is 5.02 Å². The van der Waals surface area contributed by atoms with Crippen LogP contribution in [-0.2, 0) is 13.0 Å². The molecule has 1 aromatic carbocycles. The van der Waals surface area contributed by atoms with E-state index in [2.05, 4.69) is 38.8 Å². The highest BCUT2D eigenvalue weighted by atomic mass is 79.9. The Hall–Kier alpha value is -0.350. The fraction of sp³-hybridized carbons (Fsp3) is 0.231. The standard InChI is InChI=1S/C13H13BrClNS/c14-13-4-3-11(15)8-10(13)9-16-6-5-12-2-1-7-17-12/h1-4,7-8,16H,5-6,9H2. The van der Waals surface area contributed by atoms with Crippen LogP contribution in [0.25, 0.3) is 0 Å². The largest absolute Gasteiger partial charge is 0.312 e. The topological polar surface area (TPSA) is 12.0 Å². The normalized spacial score (nSPS) is 10.7. The van der Waals surface area contributed by atoms with E-state index >= 15 is 0 Å². The number of halogens is 2. The first-order chi connectivity index (χ1) is 8.25. The molecule has 0 spiro atoms. The van der Waals surface area contributed by atoms with Crippen LogP contribution in [0.3, 0.4) is 0 Å². The molecular weight excluding hydrogens is 318 g/mol. The van der Waals surface area contributed by atoms with E-state index in [9.17, 15) is 0 Å². The third-order valence-electron chi connectivity index (χ3n) is 2.45. The van der Waals surface area contributed by atoms with E-state index in [1.807, 2.05) is 18.2 Å². The van der Waals surface area contributed by atoms with Crippen LogP contribution >= 0.6 is 38.9 Å². The van der Waals surface area contributed by atoms with Gasteiger partial charge in [0.25, 0.3) is 0 Å². The minimum absolute atomic E-state index is 0.781. The molecule has 0 radical (unpaired) electrons. The molecule has 1 nitrogen and oxygen atoms in total. The Labute approximate surface area is 119 Å². The molecule has 2 aromatic rings. The molecule has 0 bridgehead atoms. The summed E-state index contributed by atoms with van der Waals surface area (Å²) in [6.07, 6.45) is 1.08. The van der Waals surface area contributed by atoms with Crippen molar-refractivity contribution in [3.8, 4) is 0 Å². The number of hydrogen-bond donors (Lipinski definition) is 1. The summed E-state index contributed by atoms with van der Waals surface area (Å²) in [5, 5.41) is 6.32. The van der Waals surface area contributed by atoms with E-state index < -0.39 is 0 Å². The van der Waals surface area contributed by atoms with Gasteiger partial charge in [0.2, 0.25) is 0 Å². The molecule has 1 N–H and O–H groups in total. The zero-order valence-corrected chi connectivity index (χ0v) is 12.4. The first-order valence-corrected chi connectivity index (χ1v) is 7.48. The molecule has 0 saturated heterocycles. The minimum Gasteiger partial charge on any atom is -0.312 e. The number of benzene rings is 1. The van der Waals surface area contributed by atoms with Gasteiger partial charge in [-0.2, -0.15) is 0 Å². The van der Waals surface area contributed by atoms with Crippen LogP contribution < -0.4 is 5.32 Å². The van der Waals surface area contributed by atoms with Crippen LogP contribution in [0, 0.1) is 0 Å². The molecule has 0 aliphatic rings. The summed E-state index contributed by atoms with van der Waals surface area (Å²) in [4.78, 5) is 1.42. The molecule has 2 rings (SSSR count). The van der Waals surface area contributed by atoms with Crippen molar-refractivity contribution in [2.75, 3.05) is 6.54 Å². The Balaban J connectivity index is 1.80. The van der Waals surface area contributed by atoms with E-state index in [1.165, 1.54) is 10.4 Å². The smallest absolute Gasteiger partial charge is 0.0410 e. The zero-order valence-electron chi connectivity index (χ0n) is 9.25. The van der Waals surface area contributed by atoms with Crippen LogP contribution in [-0.4, -0.2) is 6.54 Å². The van der Waals surface area contributed by atoms with E-state index in [1.54, 1.807) is 11.3 Å². The highest BCUT2D eigenvalue weighted by molar-refractivity contribution is 9.10. The summed E-state index contributed by atoms with van der Waals surface area (Å²) in [6.45, 7) is 1.83. The Kier molecular flexibility index (Phi) is 5.04. The molecular formula is C13H13BrClNS. The van der Waals surface area contributed by atoms with Crippen molar-refractivity contribution in [3.05, 3.63) is 55.6 Å². The predicted molar refractivity (Wildman–Crippen MR) is 78.9 cm³/mol. The maximum absolute atomic E-state index is 5.96. The highest BCUT2D eigenvalue weighted by Gasteiger charge is 2.00. The van der Waals surface area contributed by atoms with Gasteiger partial charge in [0.1, 0.15) is 0 Å². The van der Waals surface area contributed by atoms with Crippen molar-refractivity contribution in [2.45, 2.75) is 13.0 Å². The molecule has 1 aromatic heterocycles. The van der Waals surface area contributed by atoms with Crippen LogP contribution in [0.5, 0.6) is 0 Å². The molecule has 90 valence electrons. The highest BCUT2D eigenvalue weighted by Crippen LogP contribution is 2.20. The van der Waals surface area contributed by atoms with Crippen molar-refractivity contribution in [3.63, 3.8) is 0 Å². The van der Waals surface area contributed by atoms with Gasteiger partial charge in [-0.15, -0.1) is 11.3 Å². The average Bonchev–Trinajstić information content (AvgIpc) is 2.82. The van der Waals surface area contributed by atoms with Crippen molar-refractivity contribution >= 4 is 38.9 Å². The second-order valence-corrected chi connectivity index (χ2v) is 6.06. The van der Waals surface area contributed by atoms with Gasteiger partial charge >= 0.3 is 0 Å². The van der Waals surface area contributed by atoms with E-state index in [0.717, 1.165) is 29.0 Å². The molecule has 0 atom stereocenters. The van der Waals surface area contributed by atoms with E-state index in [-0.39, 0.29) is 0 Å². The quantitative estimate of drug-likeness (QED) is 0.796. The van der Waals surface area contributed by atoms with Crippen molar-refractivity contribution in [1.82, 2.24) is 5.32 Å². The van der Waals surface area contributed by atoms with Crippen LogP contribution in [0.4, 0.5) is 0 Å². The lowest BCUT2D eigenvalue weighted by atomic mass is 10.2. The third-order valence-corrected chi connectivity index (χ3v) is 4.40. The summed E-state index contributed by atoms with van der Waals surface area (Å²) in [6, 6.07) is 10.1. The fourth-order valence-corrected chi connectivity index (χ4v) is 2.86. The van der Waals surface area contributed by atoms with Crippen LogP contribution in [0.15, 0.2) is 40.2 Å². The molecule has 0 fully saturated rings. The van der Waals surface area contributed by atoms with Crippen molar-refractivity contribution < 1.29 is 0 Å². The maximum atomic E-state index is 5.96. The lowest BCUT2D eigenvalue weighted by Crippen LogP contribution is -2.16. The van der Waals surface area contributed by atoms with Gasteiger partial charge in [-0.3, -0.25) is 0 Å². The molecule has 17 heavy (non-hydrogen) atoms. The number of nitrogens with one attached hydrogen (secondary N) is 1. The van der Waals surface area contributed by atoms with Gasteiger partial charge in [0.15, 0.2) is 0 Å². The average molecular weight is 331 g/mol. The molecule has 0 amide bonds. The summed E-state index contributed by atoms with van der Waals surface area (Å²) in [7, 11) is 0. The van der Waals surface area contributed by atoms with Gasteiger partial charge < -0.3 is 5.32 Å². The molecule has 0 aliphatic heterocycles. The van der Waals surface area contributed by atoms with Crippen LogP contribution in [0.1, 0.15) is 10.4 Å². The first-order valence-electron chi connectivity index (χ1n) is 5.43. The second-order valence-electron chi connectivity index (χ2n) is 3.74. The van der Waals surface area contributed by atoms with Gasteiger partial charge in [0.05, 0.1) is 0 Å². The van der Waals surface area contributed by atoms with Crippen molar-refractivity contribution in [1.29, 1.82) is 0 Å². The molecule has 1 heterocycles. The number of rotatable bonds is 5. The minimum atomic E-state index is 0.781. The van der Waals surface area contributed by atoms with E-state index in [4.69, 9.17) is 11.6 Å². The summed E-state index contributed by atoms with van der Waals surface area (Å²) < 4.78 is 1.10. The van der Waals surface area contributed by atoms with Crippen molar-refractivity contribution in [2.24, 2.45) is 0 Å². The maximum Gasteiger partial charge on any atom is 0.0410 e. The Morgan fingerprint density at radius 1 is 1.29 bits per heavy atom. The SMILES string of the molecule is Clc1ccc(Br)c(CNCCc2cccs2)c1. The van der Waals surface area contributed by atoms with E-state index in [0.29, 0.717) is 0 Å². The van der Waals surface area contributed by atoms with Gasteiger partial charge in [-0.1, -0.05) is 33.6 Å². The summed E-state index contributed by atoms with van der Waals surface area (Å²) in [5.74, 6) is 0. The third kappa shape index (κ3) is 4.11. The Morgan fingerprint density at radius 2 is 2.18 bits per heavy atom. The second kappa shape index (κ2) is 6.55. The Morgan fingerprint density at radius 3 is 2.94 bits per heavy atom. The summed E-state index contributed by atoms with van der Waals surface area (Å²) >= 11 is 11.3. The molecule has 0 aliphatic carbocycles. The number of thiophene rings is 1. The number of hydrogen-bond acceptors (Lipinski definition) is 2. The predicted octanol–water partition coefficient (Wildman–Crippen LogP) is 4.50. The van der Waals surface area contributed by atoms with Gasteiger partial charge in [-0.25, -0.2) is 0 Å². The lowest BCUT2D eigenvalue weighted by molar-refractivity contribution is 0.689. The lowest BCUT2D eigenvalue weighted by Gasteiger charge is -2.06. The summed E-state index contributed by atoms with van der Waals surface area (Å²) in [5.41, 5.74) is 1.20. The monoisotopic (exact) mass is 329 g/mol. The zero-order chi connectivity index (χ0) is 12.1. The molecule has 4 heteroatoms. The van der Waals surface area contributed by atoms with Gasteiger partial charge in [0, 0.05) is 27.5 Å². The fourth-order valence-electron chi connectivity index (χ4n) is 1.57.